The van der Waals surface area contributed by atoms with Gasteiger partial charge in [0.1, 0.15) is 5.52 Å². The average molecular weight is 304 g/mol. The van der Waals surface area contributed by atoms with Crippen LogP contribution in [-0.4, -0.2) is 44.2 Å². The van der Waals surface area contributed by atoms with Gasteiger partial charge in [-0.25, -0.2) is 9.97 Å². The van der Waals surface area contributed by atoms with Gasteiger partial charge in [0, 0.05) is 26.3 Å². The van der Waals surface area contributed by atoms with Gasteiger partial charge < -0.3 is 9.47 Å². The number of amides is 1. The zero-order valence-corrected chi connectivity index (χ0v) is 13.1. The van der Waals surface area contributed by atoms with Gasteiger partial charge in [-0.15, -0.1) is 0 Å². The number of fused-ring (bicyclic) bond motifs is 1. The molecule has 1 aliphatic rings. The lowest BCUT2D eigenvalue weighted by Gasteiger charge is -2.19. The van der Waals surface area contributed by atoms with E-state index in [4.69, 9.17) is 0 Å². The van der Waals surface area contributed by atoms with Gasteiger partial charge in [0.25, 0.3) is 0 Å². The molecule has 2 aromatic heterocycles. The maximum atomic E-state index is 12.3. The highest BCUT2D eigenvalue weighted by atomic mass is 32.2. The number of carbonyl (C=O) groups excluding carboxylic acids is 1. The zero-order chi connectivity index (χ0) is 14.7. The van der Waals surface area contributed by atoms with Crippen LogP contribution in [0.5, 0.6) is 0 Å². The van der Waals surface area contributed by atoms with Crippen molar-refractivity contribution in [2.24, 2.45) is 7.05 Å². The third-order valence-corrected chi connectivity index (χ3v) is 4.88. The lowest BCUT2D eigenvalue weighted by Crippen LogP contribution is -2.33. The van der Waals surface area contributed by atoms with Gasteiger partial charge in [-0.3, -0.25) is 4.79 Å². The smallest absolute Gasteiger partial charge is 0.233 e. The molecule has 0 spiro atoms. The van der Waals surface area contributed by atoms with E-state index in [2.05, 4.69) is 9.97 Å². The van der Waals surface area contributed by atoms with Crippen LogP contribution in [0.2, 0.25) is 0 Å². The molecule has 0 N–H and O–H groups in total. The fraction of sp³-hybridized carbons (Fsp3) is 0.533. The van der Waals surface area contributed by atoms with E-state index in [0.717, 1.165) is 42.3 Å². The van der Waals surface area contributed by atoms with Crippen molar-refractivity contribution in [2.45, 2.75) is 30.8 Å². The average Bonchev–Trinajstić information content (AvgIpc) is 2.71. The second-order valence-electron chi connectivity index (χ2n) is 5.38. The number of hydrogen-bond donors (Lipinski definition) is 0. The first kappa shape index (κ1) is 14.4. The van der Waals surface area contributed by atoms with Crippen molar-refractivity contribution in [1.29, 1.82) is 0 Å². The number of hydrogen-bond acceptors (Lipinski definition) is 4. The summed E-state index contributed by atoms with van der Waals surface area (Å²) in [6.07, 6.45) is 6.51. The Labute approximate surface area is 128 Å². The number of aromatic nitrogens is 3. The minimum atomic E-state index is 0.224. The lowest BCUT2D eigenvalue weighted by molar-refractivity contribution is -0.128. The molecule has 0 aromatic carbocycles. The van der Waals surface area contributed by atoms with E-state index in [0.29, 0.717) is 5.75 Å². The van der Waals surface area contributed by atoms with E-state index in [1.54, 1.807) is 6.20 Å². The number of thioether (sulfide) groups is 1. The number of nitrogens with zero attached hydrogens (tertiary/aromatic N) is 4. The summed E-state index contributed by atoms with van der Waals surface area (Å²) in [6.45, 7) is 1.81. The Morgan fingerprint density at radius 1 is 1.29 bits per heavy atom. The topological polar surface area (TPSA) is 51.0 Å². The quantitative estimate of drug-likeness (QED) is 0.817. The first-order chi connectivity index (χ1) is 10.3. The summed E-state index contributed by atoms with van der Waals surface area (Å²) in [5, 5.41) is 0.854. The molecule has 3 rings (SSSR count). The van der Waals surface area contributed by atoms with Crippen LogP contribution < -0.4 is 0 Å². The molecule has 1 aliphatic heterocycles. The monoisotopic (exact) mass is 304 g/mol. The minimum Gasteiger partial charge on any atom is -0.342 e. The normalized spacial score (nSPS) is 16.1. The van der Waals surface area contributed by atoms with Crippen molar-refractivity contribution < 1.29 is 4.79 Å². The second kappa shape index (κ2) is 6.47. The van der Waals surface area contributed by atoms with Crippen LogP contribution in [0.4, 0.5) is 0 Å². The molecule has 112 valence electrons. The van der Waals surface area contributed by atoms with Crippen molar-refractivity contribution in [2.75, 3.05) is 18.8 Å². The molecule has 0 bridgehead atoms. The molecule has 1 saturated heterocycles. The highest BCUT2D eigenvalue weighted by molar-refractivity contribution is 7.99. The van der Waals surface area contributed by atoms with Crippen molar-refractivity contribution in [3.63, 3.8) is 0 Å². The Morgan fingerprint density at radius 3 is 2.76 bits per heavy atom. The maximum Gasteiger partial charge on any atom is 0.233 e. The Balaban J connectivity index is 1.65. The van der Waals surface area contributed by atoms with Crippen molar-refractivity contribution in [3.05, 3.63) is 18.3 Å². The summed E-state index contributed by atoms with van der Waals surface area (Å²) >= 11 is 1.50. The molecule has 6 heteroatoms. The molecule has 1 amide bonds. The Hall–Kier alpha value is -1.56. The first-order valence-electron chi connectivity index (χ1n) is 7.44. The summed E-state index contributed by atoms with van der Waals surface area (Å²) in [5.74, 6) is 0.680. The van der Waals surface area contributed by atoms with Gasteiger partial charge in [-0.05, 0) is 25.0 Å². The molecule has 0 aliphatic carbocycles. The van der Waals surface area contributed by atoms with Crippen LogP contribution in [0.1, 0.15) is 25.7 Å². The Morgan fingerprint density at radius 2 is 2.05 bits per heavy atom. The molecular weight excluding hydrogens is 284 g/mol. The molecule has 0 unspecified atom stereocenters. The third kappa shape index (κ3) is 3.20. The van der Waals surface area contributed by atoms with Crippen molar-refractivity contribution in [1.82, 2.24) is 19.4 Å². The molecule has 0 saturated carbocycles. The van der Waals surface area contributed by atoms with Crippen molar-refractivity contribution in [3.8, 4) is 0 Å². The predicted octanol–water partition coefficient (Wildman–Crippen LogP) is 2.46. The van der Waals surface area contributed by atoms with Gasteiger partial charge in [0.15, 0.2) is 10.8 Å². The second-order valence-corrected chi connectivity index (χ2v) is 6.33. The number of carbonyl (C=O) groups is 1. The molecule has 21 heavy (non-hydrogen) atoms. The third-order valence-electron chi connectivity index (χ3n) is 3.87. The molecule has 0 atom stereocenters. The van der Waals surface area contributed by atoms with E-state index in [1.165, 1.54) is 24.6 Å². The summed E-state index contributed by atoms with van der Waals surface area (Å²) < 4.78 is 1.95. The standard InChI is InChI=1S/C15H20N4OS/c1-18-14-12(7-6-8-16-14)17-15(18)21-11-13(20)19-9-4-2-3-5-10-19/h6-8H,2-5,9-11H2,1H3. The fourth-order valence-corrected chi connectivity index (χ4v) is 3.55. The first-order valence-corrected chi connectivity index (χ1v) is 8.42. The van der Waals surface area contributed by atoms with Gasteiger partial charge in [-0.2, -0.15) is 0 Å². The highest BCUT2D eigenvalue weighted by Crippen LogP contribution is 2.22. The van der Waals surface area contributed by atoms with Crippen LogP contribution in [0, 0.1) is 0 Å². The Bertz CT molecular complexity index is 632. The van der Waals surface area contributed by atoms with E-state index < -0.39 is 0 Å². The van der Waals surface area contributed by atoms with Gasteiger partial charge in [-0.1, -0.05) is 24.6 Å². The van der Waals surface area contributed by atoms with Crippen LogP contribution in [-0.2, 0) is 11.8 Å². The highest BCUT2D eigenvalue weighted by Gasteiger charge is 2.17. The minimum absolute atomic E-state index is 0.224. The molecule has 0 radical (unpaired) electrons. The SMILES string of the molecule is Cn1c(SCC(=O)N2CCCCCC2)nc2cccnc21. The van der Waals surface area contributed by atoms with Crippen LogP contribution in [0.25, 0.3) is 11.2 Å². The summed E-state index contributed by atoms with van der Waals surface area (Å²) in [7, 11) is 1.95. The van der Waals surface area contributed by atoms with Crippen LogP contribution in [0.15, 0.2) is 23.5 Å². The van der Waals surface area contributed by atoms with E-state index in [1.807, 2.05) is 28.6 Å². The number of pyridine rings is 1. The predicted molar refractivity (Wildman–Crippen MR) is 84.3 cm³/mol. The van der Waals surface area contributed by atoms with E-state index in [9.17, 15) is 4.79 Å². The Kier molecular flexibility index (Phi) is 4.43. The molecule has 2 aromatic rings. The van der Waals surface area contributed by atoms with Gasteiger partial charge >= 0.3 is 0 Å². The van der Waals surface area contributed by atoms with Crippen LogP contribution in [0.3, 0.4) is 0 Å². The summed E-state index contributed by atoms with van der Waals surface area (Å²) in [4.78, 5) is 23.2. The van der Waals surface area contributed by atoms with Gasteiger partial charge in [0.2, 0.25) is 5.91 Å². The lowest BCUT2D eigenvalue weighted by atomic mass is 10.2. The maximum absolute atomic E-state index is 12.3. The summed E-state index contributed by atoms with van der Waals surface area (Å²) in [5.41, 5.74) is 1.74. The molecule has 3 heterocycles. The van der Waals surface area contributed by atoms with Gasteiger partial charge in [0.05, 0.1) is 5.75 Å². The largest absolute Gasteiger partial charge is 0.342 e. The van der Waals surface area contributed by atoms with E-state index >= 15 is 0 Å². The molecule has 1 fully saturated rings. The summed E-state index contributed by atoms with van der Waals surface area (Å²) in [6, 6.07) is 3.83. The number of rotatable bonds is 3. The number of likely N-dealkylation sites (tertiary alicyclic amines) is 1. The zero-order valence-electron chi connectivity index (χ0n) is 12.3. The fourth-order valence-electron chi connectivity index (χ4n) is 2.67. The molecule has 5 nitrogen and oxygen atoms in total. The van der Waals surface area contributed by atoms with E-state index in [-0.39, 0.29) is 5.91 Å². The number of imidazole rings is 1. The van der Waals surface area contributed by atoms with Crippen LogP contribution >= 0.6 is 11.8 Å². The van der Waals surface area contributed by atoms with Crippen molar-refractivity contribution >= 4 is 28.8 Å². The number of aryl methyl sites for hydroxylation is 1. The molecular formula is C15H20N4OS.